The number of benzene rings is 1. The van der Waals surface area contributed by atoms with E-state index in [9.17, 15) is 4.79 Å². The quantitative estimate of drug-likeness (QED) is 0.906. The lowest BCUT2D eigenvalue weighted by molar-refractivity contribution is 0.102. The molecular formula is C12H13N3OS. The predicted molar refractivity (Wildman–Crippen MR) is 70.8 cm³/mol. The van der Waals surface area contributed by atoms with Crippen LogP contribution in [0.1, 0.15) is 9.80 Å². The van der Waals surface area contributed by atoms with Crippen LogP contribution in [0.4, 0.5) is 11.4 Å². The molecule has 0 fully saturated rings. The van der Waals surface area contributed by atoms with Crippen LogP contribution in [-0.4, -0.2) is 25.0 Å². The van der Waals surface area contributed by atoms with Gasteiger partial charge in [-0.3, -0.25) is 4.79 Å². The first-order valence-corrected chi connectivity index (χ1v) is 6.03. The van der Waals surface area contributed by atoms with Crippen molar-refractivity contribution < 1.29 is 4.79 Å². The van der Waals surface area contributed by atoms with E-state index in [0.29, 0.717) is 5.01 Å². The number of thiazole rings is 1. The van der Waals surface area contributed by atoms with Gasteiger partial charge >= 0.3 is 0 Å². The number of hydrogen-bond donors (Lipinski definition) is 1. The predicted octanol–water partition coefficient (Wildman–Crippen LogP) is 2.46. The van der Waals surface area contributed by atoms with Crippen LogP contribution in [0, 0.1) is 0 Å². The molecule has 1 aromatic heterocycles. The van der Waals surface area contributed by atoms with E-state index in [1.54, 1.807) is 11.6 Å². The van der Waals surface area contributed by atoms with Gasteiger partial charge < -0.3 is 10.2 Å². The molecule has 88 valence electrons. The van der Waals surface area contributed by atoms with E-state index in [1.807, 2.05) is 43.3 Å². The summed E-state index contributed by atoms with van der Waals surface area (Å²) in [5.74, 6) is -0.170. The minimum Gasteiger partial charge on any atom is -0.378 e. The SMILES string of the molecule is CN(C)c1cccc(NC(=O)c2nccs2)c1. The molecular weight excluding hydrogens is 234 g/mol. The Hall–Kier alpha value is -1.88. The minimum absolute atomic E-state index is 0.170. The van der Waals surface area contributed by atoms with E-state index in [0.717, 1.165) is 11.4 Å². The largest absolute Gasteiger partial charge is 0.378 e. The molecule has 17 heavy (non-hydrogen) atoms. The van der Waals surface area contributed by atoms with E-state index in [-0.39, 0.29) is 5.91 Å². The van der Waals surface area contributed by atoms with Crippen molar-refractivity contribution >= 4 is 28.6 Å². The van der Waals surface area contributed by atoms with Crippen molar-refractivity contribution in [2.45, 2.75) is 0 Å². The van der Waals surface area contributed by atoms with Gasteiger partial charge in [0.1, 0.15) is 0 Å². The van der Waals surface area contributed by atoms with Gasteiger partial charge in [0, 0.05) is 37.0 Å². The standard InChI is InChI=1S/C12H13N3OS/c1-15(2)10-5-3-4-9(8-10)14-11(16)12-13-6-7-17-12/h3-8H,1-2H3,(H,14,16). The second kappa shape index (κ2) is 4.97. The number of rotatable bonds is 3. The summed E-state index contributed by atoms with van der Waals surface area (Å²) in [5.41, 5.74) is 1.82. The van der Waals surface area contributed by atoms with Crippen LogP contribution in [0.15, 0.2) is 35.8 Å². The maximum Gasteiger partial charge on any atom is 0.284 e. The monoisotopic (exact) mass is 247 g/mol. The molecule has 5 heteroatoms. The van der Waals surface area contributed by atoms with Gasteiger partial charge in [-0.05, 0) is 18.2 Å². The minimum atomic E-state index is -0.170. The Morgan fingerprint density at radius 2 is 2.24 bits per heavy atom. The third-order valence-corrected chi connectivity index (χ3v) is 3.02. The van der Waals surface area contributed by atoms with Crippen molar-refractivity contribution in [2.24, 2.45) is 0 Å². The van der Waals surface area contributed by atoms with E-state index in [4.69, 9.17) is 0 Å². The van der Waals surface area contributed by atoms with Gasteiger partial charge in [0.2, 0.25) is 0 Å². The summed E-state index contributed by atoms with van der Waals surface area (Å²) in [6.07, 6.45) is 1.62. The maximum absolute atomic E-state index is 11.8. The molecule has 0 aliphatic heterocycles. The molecule has 4 nitrogen and oxygen atoms in total. The maximum atomic E-state index is 11.8. The Kier molecular flexibility index (Phi) is 3.39. The molecule has 0 unspecified atom stereocenters. The highest BCUT2D eigenvalue weighted by atomic mass is 32.1. The number of nitrogens with one attached hydrogen (secondary N) is 1. The molecule has 0 saturated heterocycles. The number of carbonyl (C=O) groups excluding carboxylic acids is 1. The average molecular weight is 247 g/mol. The fourth-order valence-corrected chi connectivity index (χ4v) is 1.91. The summed E-state index contributed by atoms with van der Waals surface area (Å²) in [5, 5.41) is 5.08. The van der Waals surface area contributed by atoms with Crippen molar-refractivity contribution in [3.8, 4) is 0 Å². The number of anilines is 2. The van der Waals surface area contributed by atoms with E-state index < -0.39 is 0 Å². The van der Waals surface area contributed by atoms with Gasteiger partial charge in [-0.15, -0.1) is 11.3 Å². The van der Waals surface area contributed by atoms with Crippen molar-refractivity contribution in [1.29, 1.82) is 0 Å². The van der Waals surface area contributed by atoms with Crippen LogP contribution >= 0.6 is 11.3 Å². The van der Waals surface area contributed by atoms with Crippen LogP contribution in [0.2, 0.25) is 0 Å². The summed E-state index contributed by atoms with van der Waals surface area (Å²) in [6, 6.07) is 7.68. The molecule has 1 N–H and O–H groups in total. The second-order valence-electron chi connectivity index (χ2n) is 3.74. The van der Waals surface area contributed by atoms with E-state index >= 15 is 0 Å². The molecule has 0 bridgehead atoms. The van der Waals surface area contributed by atoms with Gasteiger partial charge in [0.15, 0.2) is 5.01 Å². The van der Waals surface area contributed by atoms with Crippen LogP contribution in [0.3, 0.4) is 0 Å². The molecule has 0 saturated carbocycles. The fraction of sp³-hybridized carbons (Fsp3) is 0.167. The Morgan fingerprint density at radius 3 is 2.88 bits per heavy atom. The third-order valence-electron chi connectivity index (χ3n) is 2.25. The van der Waals surface area contributed by atoms with Crippen molar-refractivity contribution in [2.75, 3.05) is 24.3 Å². The first-order valence-electron chi connectivity index (χ1n) is 5.15. The lowest BCUT2D eigenvalue weighted by atomic mass is 10.2. The number of hydrogen-bond acceptors (Lipinski definition) is 4. The molecule has 0 aliphatic rings. The Balaban J connectivity index is 2.14. The smallest absolute Gasteiger partial charge is 0.284 e. The van der Waals surface area contributed by atoms with E-state index in [2.05, 4.69) is 10.3 Å². The summed E-state index contributed by atoms with van der Waals surface area (Å²) in [7, 11) is 3.92. The zero-order valence-corrected chi connectivity index (χ0v) is 10.5. The number of nitrogens with zero attached hydrogens (tertiary/aromatic N) is 2. The molecule has 1 heterocycles. The normalized spacial score (nSPS) is 10.0. The summed E-state index contributed by atoms with van der Waals surface area (Å²) in [4.78, 5) is 17.7. The molecule has 0 atom stereocenters. The fourth-order valence-electron chi connectivity index (χ4n) is 1.38. The molecule has 2 rings (SSSR count). The van der Waals surface area contributed by atoms with Crippen molar-refractivity contribution in [3.63, 3.8) is 0 Å². The average Bonchev–Trinajstić information content (AvgIpc) is 2.82. The number of aromatic nitrogens is 1. The molecule has 1 aromatic carbocycles. The summed E-state index contributed by atoms with van der Waals surface area (Å²) in [6.45, 7) is 0. The lowest BCUT2D eigenvalue weighted by Gasteiger charge is -2.13. The second-order valence-corrected chi connectivity index (χ2v) is 4.63. The third kappa shape index (κ3) is 2.82. The van der Waals surface area contributed by atoms with Crippen molar-refractivity contribution in [3.05, 3.63) is 40.8 Å². The topological polar surface area (TPSA) is 45.2 Å². The van der Waals surface area contributed by atoms with Gasteiger partial charge in [0.25, 0.3) is 5.91 Å². The molecule has 0 spiro atoms. The van der Waals surface area contributed by atoms with Crippen molar-refractivity contribution in [1.82, 2.24) is 4.98 Å². The zero-order chi connectivity index (χ0) is 12.3. The first-order chi connectivity index (χ1) is 8.16. The highest BCUT2D eigenvalue weighted by Gasteiger charge is 2.08. The Morgan fingerprint density at radius 1 is 1.41 bits per heavy atom. The van der Waals surface area contributed by atoms with Gasteiger partial charge in [0.05, 0.1) is 0 Å². The van der Waals surface area contributed by atoms with Crippen LogP contribution in [0.25, 0.3) is 0 Å². The van der Waals surface area contributed by atoms with Crippen LogP contribution in [-0.2, 0) is 0 Å². The molecule has 0 aliphatic carbocycles. The van der Waals surface area contributed by atoms with Gasteiger partial charge in [-0.1, -0.05) is 6.07 Å². The molecule has 1 amide bonds. The van der Waals surface area contributed by atoms with Crippen LogP contribution < -0.4 is 10.2 Å². The molecule has 0 radical (unpaired) electrons. The summed E-state index contributed by atoms with van der Waals surface area (Å²) < 4.78 is 0. The Bertz CT molecular complexity index is 508. The summed E-state index contributed by atoms with van der Waals surface area (Å²) >= 11 is 1.33. The first kappa shape index (κ1) is 11.6. The van der Waals surface area contributed by atoms with Crippen LogP contribution in [0.5, 0.6) is 0 Å². The van der Waals surface area contributed by atoms with E-state index in [1.165, 1.54) is 11.3 Å². The number of amides is 1. The lowest BCUT2D eigenvalue weighted by Crippen LogP contribution is -2.13. The van der Waals surface area contributed by atoms with Gasteiger partial charge in [-0.25, -0.2) is 4.98 Å². The molecule has 2 aromatic rings. The highest BCUT2D eigenvalue weighted by molar-refractivity contribution is 7.11. The van der Waals surface area contributed by atoms with Gasteiger partial charge in [-0.2, -0.15) is 0 Å². The number of carbonyl (C=O) groups is 1. The zero-order valence-electron chi connectivity index (χ0n) is 9.68. The highest BCUT2D eigenvalue weighted by Crippen LogP contribution is 2.18. The Labute approximate surface area is 104 Å².